The molecule has 0 aliphatic rings. The fourth-order valence-corrected chi connectivity index (χ4v) is 1.94. The minimum Gasteiger partial charge on any atom is -0.360 e. The summed E-state index contributed by atoms with van der Waals surface area (Å²) in [4.78, 5) is 17.5. The average molecular weight is 279 g/mol. The van der Waals surface area contributed by atoms with Gasteiger partial charge in [-0.15, -0.1) is 11.3 Å². The molecule has 0 spiro atoms. The fourth-order valence-electron chi connectivity index (χ4n) is 1.29. The molecule has 2 heterocycles. The van der Waals surface area contributed by atoms with Crippen molar-refractivity contribution in [1.29, 1.82) is 0 Å². The van der Waals surface area contributed by atoms with Crippen molar-refractivity contribution in [3.63, 3.8) is 0 Å². The third-order valence-corrected chi connectivity index (χ3v) is 3.04. The summed E-state index contributed by atoms with van der Waals surface area (Å²) in [6.07, 6.45) is 0. The van der Waals surface area contributed by atoms with Crippen molar-refractivity contribution in [1.82, 2.24) is 10.6 Å². The topological polar surface area (TPSA) is 76.4 Å². The Kier molecular flexibility index (Phi) is 4.32. The van der Waals surface area contributed by atoms with E-state index in [1.54, 1.807) is 13.0 Å². The summed E-state index contributed by atoms with van der Waals surface area (Å²) in [5.41, 5.74) is 3.23. The fraction of sp³-hybridized carbons (Fsp3) is 0.167. The molecule has 19 heavy (non-hydrogen) atoms. The third-order valence-electron chi connectivity index (χ3n) is 2.11. The zero-order chi connectivity index (χ0) is 13.7. The molecule has 0 fully saturated rings. The number of nitrogens with one attached hydrogen (secondary N) is 2. The standard InChI is InChI=1S/C12H13N3O3S/c1-8-6-11(15-18-8)13-12(16)7-17-14-9(2)10-4-3-5-19-10/h3-6,14H,2,7H2,1H3,(H,13,15,16). The second kappa shape index (κ2) is 6.17. The van der Waals surface area contributed by atoms with E-state index in [1.807, 2.05) is 17.5 Å². The van der Waals surface area contributed by atoms with Gasteiger partial charge in [0.2, 0.25) is 0 Å². The molecule has 0 aliphatic carbocycles. The van der Waals surface area contributed by atoms with Crippen LogP contribution >= 0.6 is 11.3 Å². The van der Waals surface area contributed by atoms with E-state index in [9.17, 15) is 4.79 Å². The lowest BCUT2D eigenvalue weighted by Crippen LogP contribution is -2.23. The van der Waals surface area contributed by atoms with Gasteiger partial charge in [0.1, 0.15) is 5.76 Å². The van der Waals surface area contributed by atoms with Crippen LogP contribution in [0.1, 0.15) is 10.6 Å². The maximum atomic E-state index is 11.5. The molecule has 7 heteroatoms. The van der Waals surface area contributed by atoms with Crippen molar-refractivity contribution in [2.24, 2.45) is 0 Å². The molecule has 0 atom stereocenters. The second-order valence-electron chi connectivity index (χ2n) is 3.72. The Labute approximate surface area is 114 Å². The van der Waals surface area contributed by atoms with E-state index in [4.69, 9.17) is 9.36 Å². The van der Waals surface area contributed by atoms with E-state index in [-0.39, 0.29) is 12.5 Å². The lowest BCUT2D eigenvalue weighted by molar-refractivity contribution is -0.122. The van der Waals surface area contributed by atoms with Crippen LogP contribution in [0.4, 0.5) is 5.82 Å². The van der Waals surface area contributed by atoms with Crippen molar-refractivity contribution in [2.75, 3.05) is 11.9 Å². The number of thiophene rings is 1. The first-order valence-electron chi connectivity index (χ1n) is 5.49. The molecule has 0 bridgehead atoms. The number of hydrogen-bond acceptors (Lipinski definition) is 6. The number of amides is 1. The van der Waals surface area contributed by atoms with E-state index in [2.05, 4.69) is 22.5 Å². The summed E-state index contributed by atoms with van der Waals surface area (Å²) in [6, 6.07) is 5.43. The first-order valence-corrected chi connectivity index (χ1v) is 6.37. The molecule has 0 radical (unpaired) electrons. The number of hydrogen-bond donors (Lipinski definition) is 2. The van der Waals surface area contributed by atoms with Crippen molar-refractivity contribution >= 4 is 28.8 Å². The van der Waals surface area contributed by atoms with Crippen LogP contribution in [-0.2, 0) is 9.63 Å². The van der Waals surface area contributed by atoms with Gasteiger partial charge in [0.25, 0.3) is 5.91 Å². The highest BCUT2D eigenvalue weighted by Crippen LogP contribution is 2.15. The van der Waals surface area contributed by atoms with E-state index in [1.165, 1.54) is 11.3 Å². The van der Waals surface area contributed by atoms with Gasteiger partial charge < -0.3 is 9.84 Å². The van der Waals surface area contributed by atoms with Crippen molar-refractivity contribution in [3.8, 4) is 0 Å². The van der Waals surface area contributed by atoms with Crippen LogP contribution in [0.2, 0.25) is 0 Å². The Bertz CT molecular complexity index is 563. The first-order chi connectivity index (χ1) is 9.15. The average Bonchev–Trinajstić information content (AvgIpc) is 3.00. The molecule has 0 aromatic carbocycles. The second-order valence-corrected chi connectivity index (χ2v) is 4.67. The maximum Gasteiger partial charge on any atom is 0.254 e. The van der Waals surface area contributed by atoms with Gasteiger partial charge >= 0.3 is 0 Å². The van der Waals surface area contributed by atoms with Gasteiger partial charge in [-0.1, -0.05) is 17.8 Å². The Morgan fingerprint density at radius 2 is 2.47 bits per heavy atom. The summed E-state index contributed by atoms with van der Waals surface area (Å²) in [6.45, 7) is 5.38. The van der Waals surface area contributed by atoms with Crippen LogP contribution < -0.4 is 10.8 Å². The highest BCUT2D eigenvalue weighted by atomic mass is 32.1. The molecule has 1 amide bonds. The van der Waals surface area contributed by atoms with Gasteiger partial charge in [-0.05, 0) is 18.4 Å². The summed E-state index contributed by atoms with van der Waals surface area (Å²) in [7, 11) is 0. The normalized spacial score (nSPS) is 10.2. The summed E-state index contributed by atoms with van der Waals surface area (Å²) in [5, 5.41) is 8.11. The van der Waals surface area contributed by atoms with E-state index in [0.29, 0.717) is 17.3 Å². The monoisotopic (exact) mass is 279 g/mol. The van der Waals surface area contributed by atoms with E-state index < -0.39 is 0 Å². The predicted octanol–water partition coefficient (Wildman–Crippen LogP) is 2.18. The van der Waals surface area contributed by atoms with Crippen LogP contribution in [0.25, 0.3) is 5.70 Å². The smallest absolute Gasteiger partial charge is 0.254 e. The summed E-state index contributed by atoms with van der Waals surface area (Å²) < 4.78 is 4.82. The van der Waals surface area contributed by atoms with Crippen LogP contribution in [0.15, 0.2) is 34.7 Å². The van der Waals surface area contributed by atoms with Gasteiger partial charge in [-0.2, -0.15) is 0 Å². The molecule has 0 saturated carbocycles. The largest absolute Gasteiger partial charge is 0.360 e. The lowest BCUT2D eigenvalue weighted by atomic mass is 10.4. The van der Waals surface area contributed by atoms with Gasteiger partial charge in [-0.25, -0.2) is 0 Å². The molecular formula is C12H13N3O3S. The van der Waals surface area contributed by atoms with Crippen LogP contribution in [0.3, 0.4) is 0 Å². The molecule has 100 valence electrons. The van der Waals surface area contributed by atoms with Crippen LogP contribution in [-0.4, -0.2) is 17.7 Å². The number of nitrogens with zero attached hydrogens (tertiary/aromatic N) is 1. The first kappa shape index (κ1) is 13.3. The van der Waals surface area contributed by atoms with Gasteiger partial charge in [0.15, 0.2) is 12.4 Å². The van der Waals surface area contributed by atoms with Crippen LogP contribution in [0, 0.1) is 6.92 Å². The van der Waals surface area contributed by atoms with Crippen molar-refractivity contribution < 1.29 is 14.2 Å². The van der Waals surface area contributed by atoms with E-state index in [0.717, 1.165) is 4.88 Å². The zero-order valence-electron chi connectivity index (χ0n) is 10.3. The Morgan fingerprint density at radius 3 is 3.11 bits per heavy atom. The number of rotatable bonds is 6. The quantitative estimate of drug-likeness (QED) is 0.793. The molecule has 0 unspecified atom stereocenters. The van der Waals surface area contributed by atoms with Gasteiger partial charge in [-0.3, -0.25) is 15.1 Å². The number of carbonyl (C=O) groups excluding carboxylic acids is 1. The summed E-state index contributed by atoms with van der Waals surface area (Å²) >= 11 is 1.53. The number of anilines is 1. The third kappa shape index (κ3) is 3.94. The highest BCUT2D eigenvalue weighted by Gasteiger charge is 2.07. The molecule has 2 aromatic heterocycles. The molecule has 0 aliphatic heterocycles. The Balaban J connectivity index is 1.71. The molecule has 2 N–H and O–H groups in total. The van der Waals surface area contributed by atoms with Crippen LogP contribution in [0.5, 0.6) is 0 Å². The zero-order valence-corrected chi connectivity index (χ0v) is 11.1. The predicted molar refractivity (Wildman–Crippen MR) is 72.3 cm³/mol. The molecule has 6 nitrogen and oxygen atoms in total. The molecule has 2 rings (SSSR count). The number of carbonyl (C=O) groups is 1. The minimum atomic E-state index is -0.334. The Hall–Kier alpha value is -2.12. The number of aryl methyl sites for hydroxylation is 1. The number of hydroxylamine groups is 1. The van der Waals surface area contributed by atoms with E-state index >= 15 is 0 Å². The summed E-state index contributed by atoms with van der Waals surface area (Å²) in [5.74, 6) is 0.656. The minimum absolute atomic E-state index is 0.156. The van der Waals surface area contributed by atoms with Gasteiger partial charge in [0, 0.05) is 6.07 Å². The maximum absolute atomic E-state index is 11.5. The van der Waals surface area contributed by atoms with Crippen molar-refractivity contribution in [2.45, 2.75) is 6.92 Å². The molecule has 0 saturated heterocycles. The molecule has 2 aromatic rings. The Morgan fingerprint density at radius 1 is 1.63 bits per heavy atom. The SMILES string of the molecule is C=C(NOCC(=O)Nc1cc(C)on1)c1cccs1. The van der Waals surface area contributed by atoms with Gasteiger partial charge in [0.05, 0.1) is 10.6 Å². The molecular weight excluding hydrogens is 266 g/mol. The highest BCUT2D eigenvalue weighted by molar-refractivity contribution is 7.11. The van der Waals surface area contributed by atoms with Crippen molar-refractivity contribution in [3.05, 3.63) is 40.8 Å². The lowest BCUT2D eigenvalue weighted by Gasteiger charge is -2.07. The number of aromatic nitrogens is 1.